The summed E-state index contributed by atoms with van der Waals surface area (Å²) >= 11 is 0. The minimum atomic E-state index is -0.404. The molecule has 0 heterocycles. The third-order valence-electron chi connectivity index (χ3n) is 4.43. The minimum Gasteiger partial charge on any atom is -0.496 e. The van der Waals surface area contributed by atoms with Crippen LogP contribution in [0.2, 0.25) is 0 Å². The van der Waals surface area contributed by atoms with Crippen molar-refractivity contribution in [2.45, 2.75) is 0 Å². The smallest absolute Gasteiger partial charge is 0.271 e. The summed E-state index contributed by atoms with van der Waals surface area (Å²) in [6, 6.07) is 14.7. The minimum absolute atomic E-state index is 0.330. The highest BCUT2D eigenvalue weighted by molar-refractivity contribution is 6.03. The number of hydrogen-bond donors (Lipinski definition) is 1. The molecule has 0 spiro atoms. The number of nitrogens with one attached hydrogen (secondary N) is 1. The van der Waals surface area contributed by atoms with Crippen LogP contribution in [-0.4, -0.2) is 40.6 Å². The zero-order chi connectivity index (χ0) is 20.8. The number of ether oxygens (including phenoxy) is 4. The monoisotopic (exact) mass is 394 g/mol. The number of carbonyl (C=O) groups is 1. The van der Waals surface area contributed by atoms with Crippen molar-refractivity contribution in [3.63, 3.8) is 0 Å². The first-order valence-electron chi connectivity index (χ1n) is 8.82. The third-order valence-corrected chi connectivity index (χ3v) is 4.43. The Bertz CT molecular complexity index is 1040. The molecule has 3 aromatic rings. The summed E-state index contributed by atoms with van der Waals surface area (Å²) in [6.45, 7) is 0. The van der Waals surface area contributed by atoms with Gasteiger partial charge in [0.1, 0.15) is 5.75 Å². The van der Waals surface area contributed by atoms with Crippen LogP contribution in [0.15, 0.2) is 53.6 Å². The number of carbonyl (C=O) groups excluding carboxylic acids is 1. The Morgan fingerprint density at radius 3 is 2.03 bits per heavy atom. The van der Waals surface area contributed by atoms with E-state index in [1.54, 1.807) is 25.5 Å². The first kappa shape index (κ1) is 20.0. The van der Waals surface area contributed by atoms with E-state index >= 15 is 0 Å². The Hall–Kier alpha value is -3.74. The fourth-order valence-electron chi connectivity index (χ4n) is 3.02. The molecular formula is C22H22N2O5. The van der Waals surface area contributed by atoms with Gasteiger partial charge in [0.25, 0.3) is 5.91 Å². The topological polar surface area (TPSA) is 78.4 Å². The van der Waals surface area contributed by atoms with Gasteiger partial charge >= 0.3 is 0 Å². The van der Waals surface area contributed by atoms with Gasteiger partial charge in [-0.1, -0.05) is 24.3 Å². The van der Waals surface area contributed by atoms with Gasteiger partial charge in [0, 0.05) is 16.5 Å². The van der Waals surface area contributed by atoms with E-state index in [0.29, 0.717) is 22.8 Å². The largest absolute Gasteiger partial charge is 0.496 e. The predicted molar refractivity (Wildman–Crippen MR) is 112 cm³/mol. The lowest BCUT2D eigenvalue weighted by atomic mass is 10.0. The molecule has 3 rings (SSSR count). The van der Waals surface area contributed by atoms with Crippen LogP contribution in [-0.2, 0) is 0 Å². The molecule has 0 aliphatic heterocycles. The number of benzene rings is 3. The summed E-state index contributed by atoms with van der Waals surface area (Å²) < 4.78 is 21.2. The lowest BCUT2D eigenvalue weighted by Gasteiger charge is -2.13. The van der Waals surface area contributed by atoms with Gasteiger partial charge in [0.05, 0.1) is 34.7 Å². The molecule has 29 heavy (non-hydrogen) atoms. The van der Waals surface area contributed by atoms with E-state index in [0.717, 1.165) is 22.1 Å². The van der Waals surface area contributed by atoms with E-state index in [4.69, 9.17) is 18.9 Å². The maximum absolute atomic E-state index is 12.5. The average molecular weight is 394 g/mol. The number of nitrogens with zero attached hydrogens (tertiary/aromatic N) is 1. The van der Waals surface area contributed by atoms with Crippen molar-refractivity contribution < 1.29 is 23.7 Å². The van der Waals surface area contributed by atoms with E-state index in [1.807, 2.05) is 36.4 Å². The summed E-state index contributed by atoms with van der Waals surface area (Å²) in [5.74, 6) is 1.57. The molecule has 3 aromatic carbocycles. The van der Waals surface area contributed by atoms with Crippen LogP contribution in [0, 0.1) is 0 Å². The van der Waals surface area contributed by atoms with Crippen LogP contribution < -0.4 is 24.4 Å². The molecule has 0 aromatic heterocycles. The van der Waals surface area contributed by atoms with Crippen molar-refractivity contribution in [2.24, 2.45) is 5.10 Å². The van der Waals surface area contributed by atoms with E-state index in [1.165, 1.54) is 21.3 Å². The molecular weight excluding hydrogens is 372 g/mol. The Balaban J connectivity index is 1.85. The van der Waals surface area contributed by atoms with Crippen LogP contribution >= 0.6 is 0 Å². The molecule has 7 heteroatoms. The normalized spacial score (nSPS) is 10.8. The first-order chi connectivity index (χ1) is 14.1. The predicted octanol–water partition coefficient (Wildman–Crippen LogP) is 3.64. The molecule has 1 amide bonds. The standard InChI is InChI=1S/C22H22N2O5/c1-26-18-10-9-14(16-7-5-6-8-17(16)18)13-23-24-22(25)15-11-19(27-2)21(29-4)20(12-15)28-3/h5-13H,1-4H3,(H,24,25). The Labute approximate surface area is 168 Å². The lowest BCUT2D eigenvalue weighted by molar-refractivity contribution is 0.0954. The second-order valence-electron chi connectivity index (χ2n) is 6.02. The number of hydrogen-bond acceptors (Lipinski definition) is 6. The molecule has 0 aliphatic rings. The summed E-state index contributed by atoms with van der Waals surface area (Å²) in [6.07, 6.45) is 1.59. The lowest BCUT2D eigenvalue weighted by Crippen LogP contribution is -2.18. The second kappa shape index (κ2) is 8.97. The maximum Gasteiger partial charge on any atom is 0.271 e. The van der Waals surface area contributed by atoms with Crippen LogP contribution in [0.5, 0.6) is 23.0 Å². The highest BCUT2D eigenvalue weighted by Gasteiger charge is 2.16. The van der Waals surface area contributed by atoms with Crippen LogP contribution in [0.25, 0.3) is 10.8 Å². The summed E-state index contributed by atoms with van der Waals surface area (Å²) in [4.78, 5) is 12.5. The number of amides is 1. The molecule has 0 atom stereocenters. The van der Waals surface area contributed by atoms with Gasteiger partial charge in [-0.25, -0.2) is 5.43 Å². The molecule has 0 aliphatic carbocycles. The molecule has 0 bridgehead atoms. The SMILES string of the molecule is COc1cc(C(=O)NN=Cc2ccc(OC)c3ccccc23)cc(OC)c1OC. The Morgan fingerprint density at radius 2 is 1.45 bits per heavy atom. The summed E-state index contributed by atoms with van der Waals surface area (Å²) in [5.41, 5.74) is 3.71. The fraction of sp³-hybridized carbons (Fsp3) is 0.182. The summed E-state index contributed by atoms with van der Waals surface area (Å²) in [7, 11) is 6.12. The molecule has 0 saturated heterocycles. The molecule has 7 nitrogen and oxygen atoms in total. The Kier molecular flexibility index (Phi) is 6.19. The van der Waals surface area contributed by atoms with Crippen LogP contribution in [0.4, 0.5) is 0 Å². The van der Waals surface area contributed by atoms with E-state index in [-0.39, 0.29) is 0 Å². The highest BCUT2D eigenvalue weighted by Crippen LogP contribution is 2.38. The van der Waals surface area contributed by atoms with Gasteiger partial charge in [-0.2, -0.15) is 5.10 Å². The van der Waals surface area contributed by atoms with Gasteiger partial charge in [-0.15, -0.1) is 0 Å². The molecule has 150 valence electrons. The van der Waals surface area contributed by atoms with Gasteiger partial charge in [-0.05, 0) is 29.7 Å². The maximum atomic E-state index is 12.5. The van der Waals surface area contributed by atoms with Gasteiger partial charge in [-0.3, -0.25) is 4.79 Å². The quantitative estimate of drug-likeness (QED) is 0.489. The van der Waals surface area contributed by atoms with Crippen molar-refractivity contribution in [1.82, 2.24) is 5.43 Å². The zero-order valence-electron chi connectivity index (χ0n) is 16.7. The number of fused-ring (bicyclic) bond motifs is 1. The van der Waals surface area contributed by atoms with Gasteiger partial charge in [0.2, 0.25) is 5.75 Å². The number of rotatable bonds is 7. The Morgan fingerprint density at radius 1 is 0.828 bits per heavy atom. The first-order valence-corrected chi connectivity index (χ1v) is 8.82. The molecule has 1 N–H and O–H groups in total. The molecule has 0 unspecified atom stereocenters. The van der Waals surface area contributed by atoms with Crippen LogP contribution in [0.1, 0.15) is 15.9 Å². The van der Waals surface area contributed by atoms with Crippen molar-refractivity contribution in [1.29, 1.82) is 0 Å². The second-order valence-corrected chi connectivity index (χ2v) is 6.02. The molecule has 0 saturated carbocycles. The molecule has 0 fully saturated rings. The van der Waals surface area contributed by atoms with Crippen molar-refractivity contribution in [3.8, 4) is 23.0 Å². The highest BCUT2D eigenvalue weighted by atomic mass is 16.5. The van der Waals surface area contributed by atoms with Crippen LogP contribution in [0.3, 0.4) is 0 Å². The third kappa shape index (κ3) is 4.08. The average Bonchev–Trinajstić information content (AvgIpc) is 2.77. The van der Waals surface area contributed by atoms with Gasteiger partial charge in [0.15, 0.2) is 11.5 Å². The number of hydrazone groups is 1. The van der Waals surface area contributed by atoms with Gasteiger partial charge < -0.3 is 18.9 Å². The number of methoxy groups -OCH3 is 4. The zero-order valence-corrected chi connectivity index (χ0v) is 16.7. The van der Waals surface area contributed by atoms with Crippen molar-refractivity contribution >= 4 is 22.9 Å². The van der Waals surface area contributed by atoms with E-state index in [9.17, 15) is 4.79 Å². The fourth-order valence-corrected chi connectivity index (χ4v) is 3.02. The van der Waals surface area contributed by atoms with E-state index in [2.05, 4.69) is 10.5 Å². The molecule has 0 radical (unpaired) electrons. The van der Waals surface area contributed by atoms with Crippen molar-refractivity contribution in [2.75, 3.05) is 28.4 Å². The summed E-state index contributed by atoms with van der Waals surface area (Å²) in [5, 5.41) is 6.04. The van der Waals surface area contributed by atoms with E-state index < -0.39 is 5.91 Å². The van der Waals surface area contributed by atoms with Crippen molar-refractivity contribution in [3.05, 3.63) is 59.7 Å².